The van der Waals surface area contributed by atoms with E-state index in [1.54, 1.807) is 12.4 Å². The second-order valence-corrected chi connectivity index (χ2v) is 5.64. The molecular formula is C17H20N4O. The molecule has 0 N–H and O–H groups in total. The van der Waals surface area contributed by atoms with Gasteiger partial charge in [-0.1, -0.05) is 18.2 Å². The Morgan fingerprint density at radius 3 is 2.68 bits per heavy atom. The highest BCUT2D eigenvalue weighted by molar-refractivity contribution is 5.94. The highest BCUT2D eigenvalue weighted by Gasteiger charge is 2.29. The minimum atomic E-state index is 0.118. The fourth-order valence-corrected chi connectivity index (χ4v) is 2.81. The number of carbonyl (C=O) groups excluding carboxylic acids is 1. The van der Waals surface area contributed by atoms with Crippen LogP contribution in [0.15, 0.2) is 48.8 Å². The van der Waals surface area contributed by atoms with Gasteiger partial charge in [0.05, 0.1) is 6.54 Å². The van der Waals surface area contributed by atoms with E-state index in [-0.39, 0.29) is 5.91 Å². The van der Waals surface area contributed by atoms with E-state index in [2.05, 4.69) is 21.9 Å². The number of amides is 1. The lowest BCUT2D eigenvalue weighted by Gasteiger charge is -2.24. The maximum atomic E-state index is 12.5. The first-order valence-electron chi connectivity index (χ1n) is 7.54. The SMILES string of the molecule is CN(Cc1ncccn1)C1CCN(C(=O)c2ccccc2)C1. The summed E-state index contributed by atoms with van der Waals surface area (Å²) in [6, 6.07) is 11.7. The molecule has 5 nitrogen and oxygen atoms in total. The fourth-order valence-electron chi connectivity index (χ4n) is 2.81. The first kappa shape index (κ1) is 14.7. The van der Waals surface area contributed by atoms with E-state index in [4.69, 9.17) is 0 Å². The molecule has 0 saturated carbocycles. The molecule has 1 aliphatic heterocycles. The average Bonchev–Trinajstić information content (AvgIpc) is 3.06. The Kier molecular flexibility index (Phi) is 4.44. The number of hydrogen-bond donors (Lipinski definition) is 0. The summed E-state index contributed by atoms with van der Waals surface area (Å²) >= 11 is 0. The smallest absolute Gasteiger partial charge is 0.253 e. The molecule has 3 rings (SSSR count). The molecule has 22 heavy (non-hydrogen) atoms. The van der Waals surface area contributed by atoms with Crippen molar-refractivity contribution in [3.63, 3.8) is 0 Å². The van der Waals surface area contributed by atoms with Crippen LogP contribution in [0.25, 0.3) is 0 Å². The topological polar surface area (TPSA) is 49.3 Å². The van der Waals surface area contributed by atoms with Crippen molar-refractivity contribution < 1.29 is 4.79 Å². The largest absolute Gasteiger partial charge is 0.337 e. The van der Waals surface area contributed by atoms with Crippen LogP contribution in [0.3, 0.4) is 0 Å². The zero-order chi connectivity index (χ0) is 15.4. The Labute approximate surface area is 130 Å². The van der Waals surface area contributed by atoms with Crippen molar-refractivity contribution in [3.05, 3.63) is 60.2 Å². The Bertz CT molecular complexity index is 617. The molecule has 1 saturated heterocycles. The predicted molar refractivity (Wildman–Crippen MR) is 84.2 cm³/mol. The van der Waals surface area contributed by atoms with Gasteiger partial charge in [-0.05, 0) is 31.7 Å². The van der Waals surface area contributed by atoms with Crippen LogP contribution in [-0.2, 0) is 6.54 Å². The molecule has 1 unspecified atom stereocenters. The molecule has 1 aliphatic rings. The third kappa shape index (κ3) is 3.31. The second kappa shape index (κ2) is 6.66. The minimum absolute atomic E-state index is 0.118. The van der Waals surface area contributed by atoms with Gasteiger partial charge in [-0.25, -0.2) is 9.97 Å². The maximum Gasteiger partial charge on any atom is 0.253 e. The number of carbonyl (C=O) groups is 1. The average molecular weight is 296 g/mol. The first-order chi connectivity index (χ1) is 10.7. The van der Waals surface area contributed by atoms with Gasteiger partial charge in [0.1, 0.15) is 5.82 Å². The second-order valence-electron chi connectivity index (χ2n) is 5.64. The van der Waals surface area contributed by atoms with Crippen molar-refractivity contribution in [2.75, 3.05) is 20.1 Å². The van der Waals surface area contributed by atoms with Crippen LogP contribution in [0.5, 0.6) is 0 Å². The highest BCUT2D eigenvalue weighted by Crippen LogP contribution is 2.18. The van der Waals surface area contributed by atoms with Gasteiger partial charge in [0.15, 0.2) is 0 Å². The van der Waals surface area contributed by atoms with Gasteiger partial charge in [-0.2, -0.15) is 0 Å². The number of nitrogens with zero attached hydrogens (tertiary/aromatic N) is 4. The first-order valence-corrected chi connectivity index (χ1v) is 7.54. The summed E-state index contributed by atoms with van der Waals surface area (Å²) in [7, 11) is 2.07. The van der Waals surface area contributed by atoms with E-state index in [0.29, 0.717) is 12.6 Å². The van der Waals surface area contributed by atoms with Crippen molar-refractivity contribution >= 4 is 5.91 Å². The summed E-state index contributed by atoms with van der Waals surface area (Å²) in [5.74, 6) is 0.935. The van der Waals surface area contributed by atoms with E-state index < -0.39 is 0 Å². The quantitative estimate of drug-likeness (QED) is 0.863. The van der Waals surface area contributed by atoms with Gasteiger partial charge in [0.2, 0.25) is 0 Å². The fraction of sp³-hybridized carbons (Fsp3) is 0.353. The molecule has 0 bridgehead atoms. The predicted octanol–water partition coefficient (Wildman–Crippen LogP) is 1.82. The molecule has 0 spiro atoms. The number of hydrogen-bond acceptors (Lipinski definition) is 4. The summed E-state index contributed by atoms with van der Waals surface area (Å²) in [4.78, 5) is 25.1. The van der Waals surface area contributed by atoms with Crippen LogP contribution in [0.2, 0.25) is 0 Å². The zero-order valence-corrected chi connectivity index (χ0v) is 12.7. The Hall–Kier alpha value is -2.27. The minimum Gasteiger partial charge on any atom is -0.337 e. The molecule has 2 aromatic rings. The molecule has 0 aliphatic carbocycles. The Balaban J connectivity index is 1.59. The molecule has 1 aromatic carbocycles. The van der Waals surface area contributed by atoms with Crippen molar-refractivity contribution in [1.29, 1.82) is 0 Å². The summed E-state index contributed by atoms with van der Waals surface area (Å²) in [5.41, 5.74) is 0.761. The van der Waals surface area contributed by atoms with Crippen LogP contribution in [0.4, 0.5) is 0 Å². The van der Waals surface area contributed by atoms with E-state index in [1.807, 2.05) is 41.3 Å². The van der Waals surface area contributed by atoms with Crippen LogP contribution in [0, 0.1) is 0 Å². The lowest BCUT2D eigenvalue weighted by atomic mass is 10.2. The molecular weight excluding hydrogens is 276 g/mol. The van der Waals surface area contributed by atoms with Gasteiger partial charge >= 0.3 is 0 Å². The third-order valence-corrected chi connectivity index (χ3v) is 4.10. The molecule has 1 fully saturated rings. The number of likely N-dealkylation sites (tertiary alicyclic amines) is 1. The molecule has 2 heterocycles. The van der Waals surface area contributed by atoms with Crippen molar-refractivity contribution in [1.82, 2.24) is 19.8 Å². The van der Waals surface area contributed by atoms with Crippen molar-refractivity contribution in [3.8, 4) is 0 Å². The van der Waals surface area contributed by atoms with E-state index in [1.165, 1.54) is 0 Å². The maximum absolute atomic E-state index is 12.5. The van der Waals surface area contributed by atoms with Gasteiger partial charge in [0.25, 0.3) is 5.91 Å². The van der Waals surface area contributed by atoms with Crippen LogP contribution in [0.1, 0.15) is 22.6 Å². The third-order valence-electron chi connectivity index (χ3n) is 4.10. The monoisotopic (exact) mass is 296 g/mol. The molecule has 0 radical (unpaired) electrons. The Morgan fingerprint density at radius 2 is 1.95 bits per heavy atom. The zero-order valence-electron chi connectivity index (χ0n) is 12.7. The summed E-state index contributed by atoms with van der Waals surface area (Å²) in [6.07, 6.45) is 4.51. The molecule has 1 aromatic heterocycles. The van der Waals surface area contributed by atoms with E-state index in [9.17, 15) is 4.79 Å². The molecule has 1 amide bonds. The van der Waals surface area contributed by atoms with Gasteiger partial charge in [-0.3, -0.25) is 9.69 Å². The van der Waals surface area contributed by atoms with Crippen molar-refractivity contribution in [2.24, 2.45) is 0 Å². The standard InChI is InChI=1S/C17H20N4O/c1-20(13-16-18-9-5-10-19-16)15-8-11-21(12-15)17(22)14-6-3-2-4-7-14/h2-7,9-10,15H,8,11-13H2,1H3. The number of rotatable bonds is 4. The van der Waals surface area contributed by atoms with E-state index >= 15 is 0 Å². The number of aromatic nitrogens is 2. The van der Waals surface area contributed by atoms with Gasteiger partial charge in [-0.15, -0.1) is 0 Å². The summed E-state index contributed by atoms with van der Waals surface area (Å²) in [6.45, 7) is 2.27. The van der Waals surface area contributed by atoms with Crippen LogP contribution < -0.4 is 0 Å². The van der Waals surface area contributed by atoms with Gasteiger partial charge < -0.3 is 4.90 Å². The summed E-state index contributed by atoms with van der Waals surface area (Å²) < 4.78 is 0. The molecule has 114 valence electrons. The van der Waals surface area contributed by atoms with Gasteiger partial charge in [0, 0.05) is 37.1 Å². The van der Waals surface area contributed by atoms with Crippen LogP contribution >= 0.6 is 0 Å². The number of benzene rings is 1. The molecule has 1 atom stereocenters. The normalized spacial score (nSPS) is 17.9. The lowest BCUT2D eigenvalue weighted by Crippen LogP contribution is -2.36. The van der Waals surface area contributed by atoms with Crippen LogP contribution in [-0.4, -0.2) is 51.9 Å². The highest BCUT2D eigenvalue weighted by atomic mass is 16.2. The lowest BCUT2D eigenvalue weighted by molar-refractivity contribution is 0.0779. The molecule has 5 heteroatoms. The Morgan fingerprint density at radius 1 is 1.23 bits per heavy atom. The number of likely N-dealkylation sites (N-methyl/N-ethyl adjacent to an activating group) is 1. The summed E-state index contributed by atoms with van der Waals surface area (Å²) in [5, 5.41) is 0. The van der Waals surface area contributed by atoms with Crippen molar-refractivity contribution in [2.45, 2.75) is 19.0 Å². The van der Waals surface area contributed by atoms with E-state index in [0.717, 1.165) is 30.9 Å².